The molecule has 6 heteroatoms. The molecule has 1 N–H and O–H groups in total. The number of ether oxygens (including phenoxy) is 2. The molecule has 1 atom stereocenters. The van der Waals surface area contributed by atoms with Crippen LogP contribution in [0.2, 0.25) is 0 Å². The third-order valence-corrected chi connectivity index (χ3v) is 5.10. The molecular formula is C21H25NO5. The highest BCUT2D eigenvalue weighted by Gasteiger charge is 2.29. The summed E-state index contributed by atoms with van der Waals surface area (Å²) in [4.78, 5) is 24.9. The van der Waals surface area contributed by atoms with E-state index in [1.54, 1.807) is 21.1 Å². The molecule has 0 saturated heterocycles. The molecule has 6 nitrogen and oxygen atoms in total. The number of carbonyl (C=O) groups excluding carboxylic acids is 2. The van der Waals surface area contributed by atoms with Gasteiger partial charge in [0.25, 0.3) is 5.91 Å². The van der Waals surface area contributed by atoms with Crippen LogP contribution in [0.4, 0.5) is 0 Å². The average Bonchev–Trinajstić information content (AvgIpc) is 2.99. The first kappa shape index (κ1) is 19.0. The normalized spacial score (nSPS) is 14.5. The van der Waals surface area contributed by atoms with Gasteiger partial charge in [0, 0.05) is 18.4 Å². The molecule has 1 amide bonds. The monoisotopic (exact) mass is 371 g/mol. The Hall–Kier alpha value is -2.76. The predicted molar refractivity (Wildman–Crippen MR) is 101 cm³/mol. The lowest BCUT2D eigenvalue weighted by Crippen LogP contribution is -2.27. The quantitative estimate of drug-likeness (QED) is 0.862. The number of furan rings is 1. The molecule has 1 aromatic heterocycles. The zero-order valence-electron chi connectivity index (χ0n) is 16.4. The smallest absolute Gasteiger partial charge is 0.287 e. The molecule has 0 aliphatic heterocycles. The number of aryl methyl sites for hydroxylation is 2. The number of ketones is 1. The SMILES string of the molecule is COc1cc(C)c([C@H](C)NC(=O)c2oc3c(c2C)C(=O)CCC3)cc1OC. The van der Waals surface area contributed by atoms with Gasteiger partial charge in [0.05, 0.1) is 25.8 Å². The van der Waals surface area contributed by atoms with Crippen molar-refractivity contribution in [3.05, 3.63) is 45.9 Å². The highest BCUT2D eigenvalue weighted by Crippen LogP contribution is 2.33. The van der Waals surface area contributed by atoms with Crippen molar-refractivity contribution >= 4 is 11.7 Å². The Balaban J connectivity index is 1.86. The molecule has 1 aliphatic carbocycles. The molecule has 0 saturated carbocycles. The van der Waals surface area contributed by atoms with Crippen LogP contribution in [-0.2, 0) is 6.42 Å². The molecule has 1 heterocycles. The minimum absolute atomic E-state index is 0.0559. The van der Waals surface area contributed by atoms with Gasteiger partial charge in [-0.3, -0.25) is 9.59 Å². The Bertz CT molecular complexity index is 896. The minimum atomic E-state index is -0.323. The summed E-state index contributed by atoms with van der Waals surface area (Å²) in [5, 5.41) is 2.97. The molecule has 1 aromatic carbocycles. The van der Waals surface area contributed by atoms with Crippen molar-refractivity contribution < 1.29 is 23.5 Å². The van der Waals surface area contributed by atoms with E-state index < -0.39 is 0 Å². The summed E-state index contributed by atoms with van der Waals surface area (Å²) in [5.74, 6) is 1.83. The summed E-state index contributed by atoms with van der Waals surface area (Å²) < 4.78 is 16.4. The Labute approximate surface area is 158 Å². The number of hydrogen-bond donors (Lipinski definition) is 1. The van der Waals surface area contributed by atoms with Crippen molar-refractivity contribution in [1.82, 2.24) is 5.32 Å². The Morgan fingerprint density at radius 2 is 1.81 bits per heavy atom. The van der Waals surface area contributed by atoms with Crippen molar-refractivity contribution in [3.63, 3.8) is 0 Å². The summed E-state index contributed by atoms with van der Waals surface area (Å²) in [5.41, 5.74) is 3.11. The van der Waals surface area contributed by atoms with E-state index in [0.29, 0.717) is 41.2 Å². The maximum atomic E-state index is 12.8. The number of methoxy groups -OCH3 is 2. The first-order valence-corrected chi connectivity index (χ1v) is 9.06. The molecule has 0 unspecified atom stereocenters. The van der Waals surface area contributed by atoms with Crippen LogP contribution in [0.1, 0.15) is 69.2 Å². The van der Waals surface area contributed by atoms with Gasteiger partial charge < -0.3 is 19.2 Å². The lowest BCUT2D eigenvalue weighted by atomic mass is 9.94. The van der Waals surface area contributed by atoms with E-state index in [0.717, 1.165) is 17.5 Å². The molecule has 2 aromatic rings. The molecule has 3 rings (SSSR count). The van der Waals surface area contributed by atoms with Crippen LogP contribution in [0.5, 0.6) is 11.5 Å². The number of rotatable bonds is 5. The fourth-order valence-electron chi connectivity index (χ4n) is 3.67. The molecule has 0 fully saturated rings. The van der Waals surface area contributed by atoms with Crippen molar-refractivity contribution in [2.24, 2.45) is 0 Å². The Kier molecular flexibility index (Phi) is 5.26. The Morgan fingerprint density at radius 1 is 1.15 bits per heavy atom. The second-order valence-electron chi connectivity index (χ2n) is 6.89. The minimum Gasteiger partial charge on any atom is -0.493 e. The van der Waals surface area contributed by atoms with Crippen LogP contribution in [0.25, 0.3) is 0 Å². The first-order valence-electron chi connectivity index (χ1n) is 9.06. The molecule has 0 spiro atoms. The molecule has 144 valence electrons. The first-order chi connectivity index (χ1) is 12.9. The van der Waals surface area contributed by atoms with E-state index >= 15 is 0 Å². The van der Waals surface area contributed by atoms with E-state index in [9.17, 15) is 9.59 Å². The number of carbonyl (C=O) groups is 2. The van der Waals surface area contributed by atoms with Gasteiger partial charge in [0.2, 0.25) is 0 Å². The fourth-order valence-corrected chi connectivity index (χ4v) is 3.67. The topological polar surface area (TPSA) is 77.8 Å². The van der Waals surface area contributed by atoms with E-state index in [2.05, 4.69) is 5.32 Å². The highest BCUT2D eigenvalue weighted by molar-refractivity contribution is 6.03. The van der Waals surface area contributed by atoms with Gasteiger partial charge in [-0.2, -0.15) is 0 Å². The molecular weight excluding hydrogens is 346 g/mol. The molecule has 1 aliphatic rings. The number of Topliss-reactive ketones (excluding diaryl/α,β-unsaturated/α-hetero) is 1. The molecule has 27 heavy (non-hydrogen) atoms. The van der Waals surface area contributed by atoms with Crippen molar-refractivity contribution in [2.75, 3.05) is 14.2 Å². The number of hydrogen-bond acceptors (Lipinski definition) is 5. The van der Waals surface area contributed by atoms with Gasteiger partial charge in [0.15, 0.2) is 23.0 Å². The van der Waals surface area contributed by atoms with Gasteiger partial charge in [-0.05, 0) is 50.5 Å². The van der Waals surface area contributed by atoms with Crippen LogP contribution in [0, 0.1) is 13.8 Å². The largest absolute Gasteiger partial charge is 0.493 e. The van der Waals surface area contributed by atoms with Gasteiger partial charge in [-0.25, -0.2) is 0 Å². The second-order valence-corrected chi connectivity index (χ2v) is 6.89. The number of benzene rings is 1. The summed E-state index contributed by atoms with van der Waals surface area (Å²) in [6.45, 7) is 5.62. The van der Waals surface area contributed by atoms with E-state index in [-0.39, 0.29) is 23.5 Å². The zero-order chi connectivity index (χ0) is 19.7. The maximum Gasteiger partial charge on any atom is 0.287 e. The van der Waals surface area contributed by atoms with Crippen LogP contribution in [0.3, 0.4) is 0 Å². The van der Waals surface area contributed by atoms with E-state index in [4.69, 9.17) is 13.9 Å². The summed E-state index contributed by atoms with van der Waals surface area (Å²) in [6, 6.07) is 3.48. The summed E-state index contributed by atoms with van der Waals surface area (Å²) >= 11 is 0. The van der Waals surface area contributed by atoms with Crippen molar-refractivity contribution in [1.29, 1.82) is 0 Å². The van der Waals surface area contributed by atoms with Gasteiger partial charge in [-0.15, -0.1) is 0 Å². The zero-order valence-corrected chi connectivity index (χ0v) is 16.4. The standard InChI is InChI=1S/C21H25NO5/c1-11-9-17(25-4)18(26-5)10-14(11)13(3)22-21(24)20-12(2)19-15(23)7-6-8-16(19)27-20/h9-10,13H,6-8H2,1-5H3,(H,22,24)/t13-/m0/s1. The fraction of sp³-hybridized carbons (Fsp3) is 0.429. The third-order valence-electron chi connectivity index (χ3n) is 5.10. The second kappa shape index (κ2) is 7.47. The van der Waals surface area contributed by atoms with Crippen LogP contribution in [0.15, 0.2) is 16.5 Å². The van der Waals surface area contributed by atoms with Crippen molar-refractivity contribution in [2.45, 2.75) is 46.1 Å². The number of nitrogens with one attached hydrogen (secondary N) is 1. The molecule has 0 bridgehead atoms. The Morgan fingerprint density at radius 3 is 2.44 bits per heavy atom. The van der Waals surface area contributed by atoms with Crippen LogP contribution < -0.4 is 14.8 Å². The average molecular weight is 371 g/mol. The summed E-state index contributed by atoms with van der Waals surface area (Å²) in [7, 11) is 3.17. The predicted octanol–water partition coefficient (Wildman–Crippen LogP) is 3.92. The molecule has 0 radical (unpaired) electrons. The van der Waals surface area contributed by atoms with Crippen molar-refractivity contribution in [3.8, 4) is 11.5 Å². The summed E-state index contributed by atoms with van der Waals surface area (Å²) in [6.07, 6.45) is 1.97. The van der Waals surface area contributed by atoms with E-state index in [1.807, 2.05) is 26.0 Å². The van der Waals surface area contributed by atoms with Crippen LogP contribution in [-0.4, -0.2) is 25.9 Å². The maximum absolute atomic E-state index is 12.8. The number of fused-ring (bicyclic) bond motifs is 1. The van der Waals surface area contributed by atoms with Crippen LogP contribution >= 0.6 is 0 Å². The van der Waals surface area contributed by atoms with Gasteiger partial charge in [-0.1, -0.05) is 0 Å². The lowest BCUT2D eigenvalue weighted by molar-refractivity contribution is 0.0906. The van der Waals surface area contributed by atoms with Gasteiger partial charge in [0.1, 0.15) is 5.76 Å². The lowest BCUT2D eigenvalue weighted by Gasteiger charge is -2.19. The number of amides is 1. The van der Waals surface area contributed by atoms with Gasteiger partial charge >= 0.3 is 0 Å². The third kappa shape index (κ3) is 3.44. The highest BCUT2D eigenvalue weighted by atomic mass is 16.5. The van der Waals surface area contributed by atoms with E-state index in [1.165, 1.54) is 0 Å².